The van der Waals surface area contributed by atoms with Gasteiger partial charge in [-0.3, -0.25) is 0 Å². The summed E-state index contributed by atoms with van der Waals surface area (Å²) in [6.45, 7) is 0. The van der Waals surface area contributed by atoms with Crippen molar-refractivity contribution in [1.82, 2.24) is 4.98 Å². The van der Waals surface area contributed by atoms with Crippen LogP contribution in [0.25, 0.3) is 22.9 Å². The Morgan fingerprint density at radius 3 is 2.52 bits per heavy atom. The topological polar surface area (TPSA) is 64.4 Å². The van der Waals surface area contributed by atoms with Gasteiger partial charge in [-0.05, 0) is 30.3 Å². The van der Waals surface area contributed by atoms with Crippen LogP contribution in [0.2, 0.25) is 0 Å². The van der Waals surface area contributed by atoms with Crippen molar-refractivity contribution in [2.45, 2.75) is 0 Å². The van der Waals surface area contributed by atoms with Gasteiger partial charge in [0.05, 0.1) is 32.6 Å². The molecule has 136 valence electrons. The van der Waals surface area contributed by atoms with Gasteiger partial charge in [0.1, 0.15) is 28.3 Å². The number of rotatable bonds is 6. The smallest absolute Gasteiger partial charge is 0.134 e. The maximum Gasteiger partial charge on any atom is 0.134 e. The van der Waals surface area contributed by atoms with E-state index in [1.54, 1.807) is 33.5 Å². The first-order valence-corrected chi connectivity index (χ1v) is 9.00. The lowest BCUT2D eigenvalue weighted by atomic mass is 10.1. The molecule has 3 aromatic rings. The predicted molar refractivity (Wildman–Crippen MR) is 107 cm³/mol. The zero-order valence-corrected chi connectivity index (χ0v) is 16.0. The van der Waals surface area contributed by atoms with Crippen molar-refractivity contribution in [3.63, 3.8) is 0 Å². The Balaban J connectivity index is 1.96. The number of thiazole rings is 1. The van der Waals surface area contributed by atoms with E-state index in [-0.39, 0.29) is 0 Å². The van der Waals surface area contributed by atoms with E-state index < -0.39 is 0 Å². The molecule has 5 nitrogen and oxygen atoms in total. The Morgan fingerprint density at radius 1 is 1.04 bits per heavy atom. The third-order valence-electron chi connectivity index (χ3n) is 3.96. The van der Waals surface area contributed by atoms with Gasteiger partial charge in [-0.15, -0.1) is 11.3 Å². The lowest BCUT2D eigenvalue weighted by molar-refractivity contribution is 0.394. The molecule has 0 aliphatic carbocycles. The van der Waals surface area contributed by atoms with Crippen LogP contribution < -0.4 is 14.2 Å². The van der Waals surface area contributed by atoms with E-state index >= 15 is 0 Å². The Labute approximate surface area is 162 Å². The first-order valence-electron chi connectivity index (χ1n) is 8.12. The van der Waals surface area contributed by atoms with Gasteiger partial charge in [-0.2, -0.15) is 5.26 Å². The van der Waals surface area contributed by atoms with E-state index in [0.717, 1.165) is 22.6 Å². The number of aromatic nitrogens is 1. The molecule has 1 aromatic heterocycles. The summed E-state index contributed by atoms with van der Waals surface area (Å²) >= 11 is 1.42. The first kappa shape index (κ1) is 18.5. The van der Waals surface area contributed by atoms with Gasteiger partial charge in [0.15, 0.2) is 0 Å². The molecule has 0 aliphatic heterocycles. The fraction of sp³-hybridized carbons (Fsp3) is 0.143. The van der Waals surface area contributed by atoms with Crippen LogP contribution in [-0.2, 0) is 0 Å². The third kappa shape index (κ3) is 4.10. The minimum Gasteiger partial charge on any atom is -0.497 e. The second-order valence-electron chi connectivity index (χ2n) is 5.55. The minimum absolute atomic E-state index is 0.470. The molecular weight excluding hydrogens is 360 g/mol. The molecule has 3 rings (SSSR count). The molecule has 1 heterocycles. The fourth-order valence-corrected chi connectivity index (χ4v) is 3.34. The Hall–Kier alpha value is -3.30. The highest BCUT2D eigenvalue weighted by molar-refractivity contribution is 7.11. The van der Waals surface area contributed by atoms with Crippen molar-refractivity contribution in [3.8, 4) is 34.6 Å². The molecule has 0 bridgehead atoms. The van der Waals surface area contributed by atoms with Crippen molar-refractivity contribution in [2.24, 2.45) is 0 Å². The van der Waals surface area contributed by atoms with Crippen molar-refractivity contribution in [2.75, 3.05) is 21.3 Å². The summed E-state index contributed by atoms with van der Waals surface area (Å²) in [6, 6.07) is 15.4. The number of nitrogens with zero attached hydrogens (tertiary/aromatic N) is 2. The van der Waals surface area contributed by atoms with Crippen molar-refractivity contribution >= 4 is 23.0 Å². The average Bonchev–Trinajstić information content (AvgIpc) is 3.22. The lowest BCUT2D eigenvalue weighted by Crippen LogP contribution is -1.90. The predicted octanol–water partition coefficient (Wildman–Crippen LogP) is 4.90. The molecule has 0 spiro atoms. The molecule has 6 heteroatoms. The van der Waals surface area contributed by atoms with Crippen LogP contribution in [0.1, 0.15) is 10.6 Å². The van der Waals surface area contributed by atoms with Crippen LogP contribution in [0.5, 0.6) is 17.2 Å². The zero-order valence-electron chi connectivity index (χ0n) is 15.2. The van der Waals surface area contributed by atoms with Crippen molar-refractivity contribution in [3.05, 3.63) is 58.4 Å². The quantitative estimate of drug-likeness (QED) is 0.571. The second kappa shape index (κ2) is 8.39. The number of nitriles is 1. The highest BCUT2D eigenvalue weighted by atomic mass is 32.1. The molecule has 0 saturated heterocycles. The summed E-state index contributed by atoms with van der Waals surface area (Å²) in [7, 11) is 4.81. The van der Waals surface area contributed by atoms with Gasteiger partial charge in [-0.1, -0.05) is 12.1 Å². The second-order valence-corrected chi connectivity index (χ2v) is 6.41. The summed E-state index contributed by atoms with van der Waals surface area (Å²) < 4.78 is 15.9. The standard InChI is InChI=1S/C21H18N2O3S/c1-24-17-6-4-5-14(10-17)19-13-27-21(23-19)16(12-22)9-15-7-8-18(25-2)11-20(15)26-3/h4-11,13H,1-3H3/b16-9+. The molecule has 0 N–H and O–H groups in total. The van der Waals surface area contributed by atoms with Gasteiger partial charge in [0, 0.05) is 22.6 Å². The van der Waals surface area contributed by atoms with Gasteiger partial charge in [-0.25, -0.2) is 4.98 Å². The normalized spacial score (nSPS) is 11.0. The maximum atomic E-state index is 9.63. The Morgan fingerprint density at radius 2 is 1.81 bits per heavy atom. The van der Waals surface area contributed by atoms with Crippen molar-refractivity contribution in [1.29, 1.82) is 5.26 Å². The zero-order chi connectivity index (χ0) is 19.2. The first-order chi connectivity index (χ1) is 13.2. The summed E-state index contributed by atoms with van der Waals surface area (Å²) in [5, 5.41) is 12.2. The van der Waals surface area contributed by atoms with Crippen LogP contribution in [0.4, 0.5) is 0 Å². The maximum absolute atomic E-state index is 9.63. The highest BCUT2D eigenvalue weighted by Crippen LogP contribution is 2.31. The van der Waals surface area contributed by atoms with Gasteiger partial charge >= 0.3 is 0 Å². The number of ether oxygens (including phenoxy) is 3. The number of hydrogen-bond donors (Lipinski definition) is 0. The molecule has 0 aliphatic rings. The van der Waals surface area contributed by atoms with Gasteiger partial charge < -0.3 is 14.2 Å². The molecule has 2 aromatic carbocycles. The molecule has 0 fully saturated rings. The van der Waals surface area contributed by atoms with E-state index in [0.29, 0.717) is 22.1 Å². The van der Waals surface area contributed by atoms with Crippen LogP contribution >= 0.6 is 11.3 Å². The number of methoxy groups -OCH3 is 3. The van der Waals surface area contributed by atoms with E-state index in [4.69, 9.17) is 14.2 Å². The van der Waals surface area contributed by atoms with Gasteiger partial charge in [0.25, 0.3) is 0 Å². The number of hydrogen-bond acceptors (Lipinski definition) is 6. The molecule has 0 amide bonds. The summed E-state index contributed by atoms with van der Waals surface area (Å²) in [4.78, 5) is 4.62. The summed E-state index contributed by atoms with van der Waals surface area (Å²) in [6.07, 6.45) is 1.77. The minimum atomic E-state index is 0.470. The monoisotopic (exact) mass is 378 g/mol. The van der Waals surface area contributed by atoms with E-state index in [9.17, 15) is 5.26 Å². The summed E-state index contributed by atoms with van der Waals surface area (Å²) in [5.74, 6) is 2.09. The van der Waals surface area contributed by atoms with Crippen LogP contribution in [-0.4, -0.2) is 26.3 Å². The average molecular weight is 378 g/mol. The number of allylic oxidation sites excluding steroid dienone is 1. The lowest BCUT2D eigenvalue weighted by Gasteiger charge is -2.07. The van der Waals surface area contributed by atoms with Crippen molar-refractivity contribution < 1.29 is 14.2 Å². The Bertz CT molecular complexity index is 1020. The third-order valence-corrected chi connectivity index (χ3v) is 4.84. The molecule has 0 saturated carbocycles. The van der Waals surface area contributed by atoms with E-state index in [1.807, 2.05) is 41.8 Å². The summed E-state index contributed by atoms with van der Waals surface area (Å²) in [5.41, 5.74) is 3.00. The number of benzene rings is 2. The van der Waals surface area contributed by atoms with E-state index in [1.165, 1.54) is 11.3 Å². The fourth-order valence-electron chi connectivity index (χ4n) is 2.55. The van der Waals surface area contributed by atoms with Crippen LogP contribution in [0.3, 0.4) is 0 Å². The van der Waals surface area contributed by atoms with Crippen LogP contribution in [0, 0.1) is 11.3 Å². The molecule has 27 heavy (non-hydrogen) atoms. The van der Waals surface area contributed by atoms with E-state index in [2.05, 4.69) is 11.1 Å². The highest BCUT2D eigenvalue weighted by Gasteiger charge is 2.11. The largest absolute Gasteiger partial charge is 0.497 e. The molecular formula is C21H18N2O3S. The molecule has 0 atom stereocenters. The van der Waals surface area contributed by atoms with Crippen LogP contribution in [0.15, 0.2) is 47.8 Å². The van der Waals surface area contributed by atoms with Gasteiger partial charge in [0.2, 0.25) is 0 Å². The SMILES string of the molecule is COc1cccc(-c2csc(/C(C#N)=C/c3ccc(OC)cc3OC)n2)c1. The molecule has 0 unspecified atom stereocenters. The Kier molecular flexibility index (Phi) is 5.74. The molecule has 0 radical (unpaired) electrons.